The molecule has 2 atom stereocenters. The van der Waals surface area contributed by atoms with Gasteiger partial charge in [0.1, 0.15) is 17.8 Å². The van der Waals surface area contributed by atoms with Crippen molar-refractivity contribution in [3.8, 4) is 5.75 Å². The number of carbonyl (C=O) groups is 1. The molecule has 5 heteroatoms. The van der Waals surface area contributed by atoms with Gasteiger partial charge in [-0.2, -0.15) is 0 Å². The van der Waals surface area contributed by atoms with E-state index in [9.17, 15) is 9.90 Å². The Morgan fingerprint density at radius 1 is 1.40 bits per heavy atom. The van der Waals surface area contributed by atoms with E-state index in [2.05, 4.69) is 6.92 Å². The third-order valence-corrected chi connectivity index (χ3v) is 4.73. The van der Waals surface area contributed by atoms with Gasteiger partial charge in [0.2, 0.25) is 0 Å². The monoisotopic (exact) mass is 295 g/mol. The first-order chi connectivity index (χ1) is 9.70. The Balaban J connectivity index is 1.84. The molecule has 1 aromatic carbocycles. The second-order valence-electron chi connectivity index (χ2n) is 5.00. The van der Waals surface area contributed by atoms with E-state index in [0.717, 1.165) is 24.3 Å². The number of hydrogen-bond donors (Lipinski definition) is 1. The lowest BCUT2D eigenvalue weighted by molar-refractivity contribution is -0.690. The Kier molecular flexibility index (Phi) is 5.73. The zero-order valence-corrected chi connectivity index (χ0v) is 12.5. The van der Waals surface area contributed by atoms with Gasteiger partial charge in [-0.05, 0) is 30.7 Å². The highest BCUT2D eigenvalue weighted by molar-refractivity contribution is 7.99. The summed E-state index contributed by atoms with van der Waals surface area (Å²) in [7, 11) is 0. The Hall–Kier alpha value is -1.20. The molecule has 4 nitrogen and oxygen atoms in total. The fourth-order valence-corrected chi connectivity index (χ4v) is 3.49. The Morgan fingerprint density at radius 3 is 2.75 bits per heavy atom. The number of aliphatic carboxylic acids is 1. The van der Waals surface area contributed by atoms with Gasteiger partial charge in [-0.15, -0.1) is 0 Å². The lowest BCUT2D eigenvalue weighted by Crippen LogP contribution is -2.90. The molecule has 0 aliphatic carbocycles. The quantitative estimate of drug-likeness (QED) is 0.751. The van der Waals surface area contributed by atoms with Crippen LogP contribution in [0.4, 0.5) is 0 Å². The predicted molar refractivity (Wildman–Crippen MR) is 77.4 cm³/mol. The average molecular weight is 295 g/mol. The van der Waals surface area contributed by atoms with E-state index in [1.807, 2.05) is 29.6 Å². The Labute approximate surface area is 123 Å². The summed E-state index contributed by atoms with van der Waals surface area (Å²) in [5.41, 5.74) is 1.12. The van der Waals surface area contributed by atoms with E-state index >= 15 is 0 Å². The molecule has 110 valence electrons. The molecule has 0 aromatic heterocycles. The van der Waals surface area contributed by atoms with Crippen molar-refractivity contribution in [2.75, 3.05) is 12.4 Å². The Bertz CT molecular complexity index is 435. The summed E-state index contributed by atoms with van der Waals surface area (Å²) in [6.45, 7) is 2.93. The minimum Gasteiger partial charge on any atom is -0.544 e. The maximum atomic E-state index is 10.8. The summed E-state index contributed by atoms with van der Waals surface area (Å²) in [5.74, 6) is 0.502. The lowest BCUT2D eigenvalue weighted by atomic mass is 10.2. The first-order valence-electron chi connectivity index (χ1n) is 7.11. The van der Waals surface area contributed by atoms with Gasteiger partial charge < -0.3 is 20.0 Å². The van der Waals surface area contributed by atoms with Crippen molar-refractivity contribution in [2.45, 2.75) is 37.6 Å². The van der Waals surface area contributed by atoms with Crippen molar-refractivity contribution in [2.24, 2.45) is 0 Å². The third-order valence-electron chi connectivity index (χ3n) is 3.39. The van der Waals surface area contributed by atoms with Gasteiger partial charge in [0.05, 0.1) is 12.4 Å². The number of hydrogen-bond acceptors (Lipinski definition) is 4. The van der Waals surface area contributed by atoms with E-state index in [1.165, 1.54) is 12.8 Å². The number of nitrogens with two attached hydrogens (primary N) is 1. The van der Waals surface area contributed by atoms with E-state index in [4.69, 9.17) is 4.74 Å². The van der Waals surface area contributed by atoms with Crippen molar-refractivity contribution in [1.29, 1.82) is 0 Å². The molecule has 0 amide bonds. The zero-order valence-electron chi connectivity index (χ0n) is 11.7. The van der Waals surface area contributed by atoms with Crippen LogP contribution in [0.15, 0.2) is 24.3 Å². The molecule has 2 rings (SSSR count). The molecular formula is C15H21NO3S. The van der Waals surface area contributed by atoms with Crippen LogP contribution in [0.3, 0.4) is 0 Å². The molecule has 1 fully saturated rings. The molecule has 1 aromatic rings. The van der Waals surface area contributed by atoms with Gasteiger partial charge in [-0.25, -0.2) is 0 Å². The van der Waals surface area contributed by atoms with Gasteiger partial charge in [-0.1, -0.05) is 31.5 Å². The van der Waals surface area contributed by atoms with Gasteiger partial charge in [0.25, 0.3) is 0 Å². The second-order valence-corrected chi connectivity index (χ2v) is 6.17. The minimum absolute atomic E-state index is 0.145. The molecular weight excluding hydrogens is 274 g/mol. The number of ether oxygens (including phenoxy) is 1. The summed E-state index contributed by atoms with van der Waals surface area (Å²) in [6, 6.07) is 7.52. The molecule has 1 saturated heterocycles. The maximum absolute atomic E-state index is 10.8. The average Bonchev–Trinajstić information content (AvgIpc) is 2.94. The summed E-state index contributed by atoms with van der Waals surface area (Å²) in [6.07, 6.45) is 3.46. The third kappa shape index (κ3) is 4.15. The number of carboxylic acids is 1. The van der Waals surface area contributed by atoms with Crippen LogP contribution >= 0.6 is 11.8 Å². The highest BCUT2D eigenvalue weighted by atomic mass is 32.2. The number of rotatable bonds is 7. The van der Waals surface area contributed by atoms with E-state index in [1.54, 1.807) is 11.8 Å². The van der Waals surface area contributed by atoms with Crippen LogP contribution in [0.2, 0.25) is 0 Å². The van der Waals surface area contributed by atoms with Gasteiger partial charge in [-0.3, -0.25) is 0 Å². The fourth-order valence-electron chi connectivity index (χ4n) is 2.18. The van der Waals surface area contributed by atoms with Crippen molar-refractivity contribution in [3.05, 3.63) is 29.8 Å². The number of unbranched alkanes of at least 4 members (excludes halogenated alkanes) is 2. The molecule has 1 aliphatic heterocycles. The number of quaternary nitrogens is 1. The standard InChI is InChI=1S/C15H21NO3S/c1-2-3-4-9-19-12-7-5-11(6-8-12)14-16-13(10-20-14)15(17)18/h5-8,13-14,16H,2-4,9-10H2,1H3,(H,17,18)/t13-,14-/m1/s1. The molecule has 20 heavy (non-hydrogen) atoms. The van der Waals surface area contributed by atoms with Crippen LogP contribution in [0.1, 0.15) is 37.1 Å². The highest BCUT2D eigenvalue weighted by Gasteiger charge is 2.30. The van der Waals surface area contributed by atoms with Crippen molar-refractivity contribution in [1.82, 2.24) is 0 Å². The van der Waals surface area contributed by atoms with Crippen LogP contribution in [0.25, 0.3) is 0 Å². The van der Waals surface area contributed by atoms with E-state index < -0.39 is 12.0 Å². The van der Waals surface area contributed by atoms with Gasteiger partial charge in [0.15, 0.2) is 5.37 Å². The number of benzene rings is 1. The second kappa shape index (κ2) is 7.55. The Morgan fingerprint density at radius 2 is 2.15 bits per heavy atom. The number of carbonyl (C=O) groups excluding carboxylic acids is 1. The topological polar surface area (TPSA) is 66.0 Å². The van der Waals surface area contributed by atoms with Crippen LogP contribution < -0.4 is 15.2 Å². The molecule has 1 aliphatic rings. The van der Waals surface area contributed by atoms with Crippen LogP contribution in [0, 0.1) is 0 Å². The molecule has 0 bridgehead atoms. The highest BCUT2D eigenvalue weighted by Crippen LogP contribution is 2.28. The van der Waals surface area contributed by atoms with Gasteiger partial charge in [0, 0.05) is 5.56 Å². The zero-order chi connectivity index (χ0) is 14.4. The number of thioether (sulfide) groups is 1. The van der Waals surface area contributed by atoms with Crippen LogP contribution in [0.5, 0.6) is 5.75 Å². The largest absolute Gasteiger partial charge is 0.544 e. The molecule has 2 N–H and O–H groups in total. The molecule has 0 spiro atoms. The SMILES string of the molecule is CCCCCOc1ccc([C@@H]2[NH2+][C@@H](C(=O)[O-])CS2)cc1. The molecule has 1 heterocycles. The molecule has 0 saturated carbocycles. The molecule has 0 radical (unpaired) electrons. The normalized spacial score (nSPS) is 21.9. The van der Waals surface area contributed by atoms with Gasteiger partial charge >= 0.3 is 0 Å². The van der Waals surface area contributed by atoms with Crippen molar-refractivity contribution < 1.29 is 20.0 Å². The smallest absolute Gasteiger partial charge is 0.159 e. The summed E-state index contributed by atoms with van der Waals surface area (Å²) >= 11 is 1.65. The maximum Gasteiger partial charge on any atom is 0.159 e. The van der Waals surface area contributed by atoms with Crippen molar-refractivity contribution in [3.63, 3.8) is 0 Å². The molecule has 0 unspecified atom stereocenters. The summed E-state index contributed by atoms with van der Waals surface area (Å²) in [5, 5.41) is 12.8. The van der Waals surface area contributed by atoms with Crippen LogP contribution in [-0.4, -0.2) is 24.4 Å². The lowest BCUT2D eigenvalue weighted by Gasteiger charge is -2.12. The minimum atomic E-state index is -0.976. The van der Waals surface area contributed by atoms with E-state index in [-0.39, 0.29) is 5.37 Å². The summed E-state index contributed by atoms with van der Waals surface area (Å²) in [4.78, 5) is 10.8. The predicted octanol–water partition coefficient (Wildman–Crippen LogP) is 0.683. The van der Waals surface area contributed by atoms with Crippen molar-refractivity contribution >= 4 is 17.7 Å². The first kappa shape index (κ1) is 15.2. The first-order valence-corrected chi connectivity index (χ1v) is 8.15. The van der Waals surface area contributed by atoms with E-state index in [0.29, 0.717) is 5.75 Å². The summed E-state index contributed by atoms with van der Waals surface area (Å²) < 4.78 is 5.66. The fraction of sp³-hybridized carbons (Fsp3) is 0.533. The van der Waals surface area contributed by atoms with Crippen LogP contribution in [-0.2, 0) is 4.79 Å². The number of carboxylic acid groups (broad SMARTS) is 1.